The molecule has 0 aromatic heterocycles. The van der Waals surface area contributed by atoms with E-state index in [1.807, 2.05) is 11.8 Å². The Kier molecular flexibility index (Phi) is 4.80. The summed E-state index contributed by atoms with van der Waals surface area (Å²) in [6.45, 7) is 5.70. The highest BCUT2D eigenvalue weighted by atomic mass is 16.5. The first-order valence-electron chi connectivity index (χ1n) is 7.28. The van der Waals surface area contributed by atoms with Crippen molar-refractivity contribution < 1.29 is 14.3 Å². The highest BCUT2D eigenvalue weighted by Gasteiger charge is 2.36. The summed E-state index contributed by atoms with van der Waals surface area (Å²) in [6.07, 6.45) is 4.08. The van der Waals surface area contributed by atoms with E-state index in [9.17, 15) is 9.59 Å². The van der Waals surface area contributed by atoms with Crippen LogP contribution in [0.15, 0.2) is 0 Å². The number of hydrogen-bond donors (Lipinski definition) is 0. The molecular weight excluding hydrogens is 244 g/mol. The second-order valence-electron chi connectivity index (χ2n) is 5.45. The number of nitrogens with zero attached hydrogens (tertiary/aromatic N) is 2. The largest absolute Gasteiger partial charge is 0.468 e. The first kappa shape index (κ1) is 14.3. The monoisotopic (exact) mass is 268 g/mol. The van der Waals surface area contributed by atoms with Gasteiger partial charge in [0.15, 0.2) is 0 Å². The number of hydrogen-bond acceptors (Lipinski definition) is 4. The number of likely N-dealkylation sites (tertiary alicyclic amines) is 2. The fourth-order valence-electron chi connectivity index (χ4n) is 3.15. The molecule has 0 aliphatic carbocycles. The third-order valence-electron chi connectivity index (χ3n) is 4.32. The van der Waals surface area contributed by atoms with Gasteiger partial charge in [-0.05, 0) is 38.8 Å². The van der Waals surface area contributed by atoms with Gasteiger partial charge in [0.1, 0.15) is 5.92 Å². The summed E-state index contributed by atoms with van der Waals surface area (Å²) < 4.78 is 4.71. The molecule has 19 heavy (non-hydrogen) atoms. The van der Waals surface area contributed by atoms with Crippen molar-refractivity contribution in [1.29, 1.82) is 0 Å². The van der Waals surface area contributed by atoms with Crippen LogP contribution in [-0.2, 0) is 14.3 Å². The number of amides is 1. The molecule has 0 unspecified atom stereocenters. The minimum absolute atomic E-state index is 0.0592. The Balaban J connectivity index is 1.91. The molecule has 0 aromatic rings. The standard InChI is InChI=1S/C14H24N2O3/c1-3-12(14(18)19-2)13(17)16-9-6-11(10-16)15-7-4-5-8-15/h11-12H,3-10H2,1-2H3/t11-,12-/m0/s1. The van der Waals surface area contributed by atoms with E-state index in [2.05, 4.69) is 4.90 Å². The fraction of sp³-hybridized carbons (Fsp3) is 0.857. The molecule has 2 aliphatic heterocycles. The second-order valence-corrected chi connectivity index (χ2v) is 5.45. The minimum Gasteiger partial charge on any atom is -0.468 e. The average Bonchev–Trinajstić information content (AvgIpc) is 3.09. The molecule has 2 aliphatic rings. The van der Waals surface area contributed by atoms with E-state index in [1.165, 1.54) is 20.0 Å². The molecule has 2 atom stereocenters. The number of ether oxygens (including phenoxy) is 1. The molecule has 5 heteroatoms. The maximum Gasteiger partial charge on any atom is 0.318 e. The average molecular weight is 268 g/mol. The maximum absolute atomic E-state index is 12.3. The lowest BCUT2D eigenvalue weighted by molar-refractivity contribution is -0.153. The molecule has 2 rings (SSSR count). The molecule has 0 bridgehead atoms. The Morgan fingerprint density at radius 3 is 2.53 bits per heavy atom. The maximum atomic E-state index is 12.3. The third-order valence-corrected chi connectivity index (χ3v) is 4.32. The zero-order valence-electron chi connectivity index (χ0n) is 11.9. The van der Waals surface area contributed by atoms with Crippen LogP contribution in [-0.4, -0.2) is 61.0 Å². The van der Waals surface area contributed by atoms with Gasteiger partial charge in [0.25, 0.3) is 0 Å². The van der Waals surface area contributed by atoms with Gasteiger partial charge in [-0.25, -0.2) is 0 Å². The highest BCUT2D eigenvalue weighted by Crippen LogP contribution is 2.22. The zero-order chi connectivity index (χ0) is 13.8. The van der Waals surface area contributed by atoms with Crippen LogP contribution in [0.2, 0.25) is 0 Å². The Bertz CT molecular complexity index is 340. The third kappa shape index (κ3) is 3.08. The lowest BCUT2D eigenvalue weighted by Gasteiger charge is -2.25. The number of esters is 1. The van der Waals surface area contributed by atoms with E-state index < -0.39 is 11.9 Å². The topological polar surface area (TPSA) is 49.9 Å². The number of carbonyl (C=O) groups excluding carboxylic acids is 2. The van der Waals surface area contributed by atoms with Crippen molar-refractivity contribution in [3.05, 3.63) is 0 Å². The Morgan fingerprint density at radius 2 is 1.95 bits per heavy atom. The van der Waals surface area contributed by atoms with Crippen molar-refractivity contribution in [1.82, 2.24) is 9.80 Å². The Labute approximate surface area is 114 Å². The summed E-state index contributed by atoms with van der Waals surface area (Å²) in [5.74, 6) is -1.09. The molecule has 0 aromatic carbocycles. The summed E-state index contributed by atoms with van der Waals surface area (Å²) in [6, 6.07) is 0.488. The van der Waals surface area contributed by atoms with E-state index in [0.29, 0.717) is 12.5 Å². The summed E-state index contributed by atoms with van der Waals surface area (Å²) >= 11 is 0. The molecule has 0 spiro atoms. The van der Waals surface area contributed by atoms with E-state index in [1.54, 1.807) is 0 Å². The van der Waals surface area contributed by atoms with Gasteiger partial charge in [0.05, 0.1) is 7.11 Å². The predicted octanol–water partition coefficient (Wildman–Crippen LogP) is 0.882. The Morgan fingerprint density at radius 1 is 1.26 bits per heavy atom. The highest BCUT2D eigenvalue weighted by molar-refractivity contribution is 5.97. The van der Waals surface area contributed by atoms with Gasteiger partial charge < -0.3 is 9.64 Å². The van der Waals surface area contributed by atoms with Crippen molar-refractivity contribution in [2.24, 2.45) is 5.92 Å². The lowest BCUT2D eigenvalue weighted by Crippen LogP contribution is -2.41. The van der Waals surface area contributed by atoms with Gasteiger partial charge >= 0.3 is 5.97 Å². The molecule has 2 saturated heterocycles. The van der Waals surface area contributed by atoms with Crippen molar-refractivity contribution in [2.45, 2.75) is 38.6 Å². The number of rotatable bonds is 4. The molecule has 0 saturated carbocycles. The normalized spacial score (nSPS) is 25.6. The molecule has 2 heterocycles. The first-order valence-corrected chi connectivity index (χ1v) is 7.28. The molecule has 0 N–H and O–H groups in total. The van der Waals surface area contributed by atoms with Gasteiger partial charge in [-0.3, -0.25) is 14.5 Å². The second kappa shape index (κ2) is 6.37. The first-order chi connectivity index (χ1) is 9.17. The van der Waals surface area contributed by atoms with E-state index in [4.69, 9.17) is 4.74 Å². The van der Waals surface area contributed by atoms with E-state index in [0.717, 1.165) is 32.6 Å². The van der Waals surface area contributed by atoms with Crippen LogP contribution >= 0.6 is 0 Å². The van der Waals surface area contributed by atoms with Crippen molar-refractivity contribution in [3.8, 4) is 0 Å². The van der Waals surface area contributed by atoms with E-state index >= 15 is 0 Å². The fourth-order valence-corrected chi connectivity index (χ4v) is 3.15. The number of carbonyl (C=O) groups is 2. The van der Waals surface area contributed by atoms with Crippen LogP contribution in [0.1, 0.15) is 32.6 Å². The van der Waals surface area contributed by atoms with Crippen LogP contribution in [0, 0.1) is 5.92 Å². The predicted molar refractivity (Wildman–Crippen MR) is 71.6 cm³/mol. The molecule has 2 fully saturated rings. The molecular formula is C14H24N2O3. The van der Waals surface area contributed by atoms with Gasteiger partial charge in [-0.1, -0.05) is 6.92 Å². The van der Waals surface area contributed by atoms with Gasteiger partial charge in [-0.2, -0.15) is 0 Å². The van der Waals surface area contributed by atoms with Crippen LogP contribution in [0.5, 0.6) is 0 Å². The van der Waals surface area contributed by atoms with Crippen LogP contribution in [0.3, 0.4) is 0 Å². The molecule has 1 amide bonds. The van der Waals surface area contributed by atoms with Crippen LogP contribution < -0.4 is 0 Å². The van der Waals surface area contributed by atoms with Crippen LogP contribution in [0.4, 0.5) is 0 Å². The molecule has 108 valence electrons. The summed E-state index contributed by atoms with van der Waals surface area (Å²) in [4.78, 5) is 28.3. The Hall–Kier alpha value is -1.10. The summed E-state index contributed by atoms with van der Waals surface area (Å²) in [5.41, 5.74) is 0. The summed E-state index contributed by atoms with van der Waals surface area (Å²) in [7, 11) is 1.34. The van der Waals surface area contributed by atoms with Gasteiger partial charge in [-0.15, -0.1) is 0 Å². The minimum atomic E-state index is -0.623. The smallest absolute Gasteiger partial charge is 0.318 e. The van der Waals surface area contributed by atoms with Crippen molar-refractivity contribution in [3.63, 3.8) is 0 Å². The van der Waals surface area contributed by atoms with Gasteiger partial charge in [0, 0.05) is 19.1 Å². The summed E-state index contributed by atoms with van der Waals surface area (Å²) in [5, 5.41) is 0. The zero-order valence-corrected chi connectivity index (χ0v) is 11.9. The number of methoxy groups -OCH3 is 1. The molecule has 5 nitrogen and oxygen atoms in total. The van der Waals surface area contributed by atoms with Crippen molar-refractivity contribution >= 4 is 11.9 Å². The van der Waals surface area contributed by atoms with Crippen LogP contribution in [0.25, 0.3) is 0 Å². The SMILES string of the molecule is CC[C@H](C(=O)OC)C(=O)N1CC[C@H](N2CCCC2)C1. The quantitative estimate of drug-likeness (QED) is 0.561. The van der Waals surface area contributed by atoms with Crippen molar-refractivity contribution in [2.75, 3.05) is 33.3 Å². The molecule has 0 radical (unpaired) electrons. The van der Waals surface area contributed by atoms with Gasteiger partial charge in [0.2, 0.25) is 5.91 Å². The van der Waals surface area contributed by atoms with E-state index in [-0.39, 0.29) is 5.91 Å². The lowest BCUT2D eigenvalue weighted by atomic mass is 10.1.